The molecule has 0 aliphatic heterocycles. The first-order valence-electron chi connectivity index (χ1n) is 11.7. The largest absolute Gasteiger partial charge is 2.00 e. The molecule has 0 aliphatic carbocycles. The van der Waals surface area contributed by atoms with E-state index in [1.807, 2.05) is 32.0 Å². The molecule has 2 aromatic carbocycles. The van der Waals surface area contributed by atoms with E-state index >= 15 is 0 Å². The molecule has 0 amide bonds. The predicted octanol–water partition coefficient (Wildman–Crippen LogP) is 1.00. The van der Waals surface area contributed by atoms with Gasteiger partial charge in [0.15, 0.2) is 0 Å². The third-order valence-corrected chi connectivity index (χ3v) is 7.34. The van der Waals surface area contributed by atoms with Gasteiger partial charge < -0.3 is 36.3 Å². The van der Waals surface area contributed by atoms with Crippen LogP contribution in [0, 0.1) is 55.4 Å². The molecule has 3 rings (SSSR count). The molecule has 0 saturated carbocycles. The van der Waals surface area contributed by atoms with Crippen molar-refractivity contribution in [3.8, 4) is 0 Å². The van der Waals surface area contributed by atoms with Gasteiger partial charge in [0, 0.05) is 11.4 Å². The van der Waals surface area contributed by atoms with E-state index in [1.54, 1.807) is 0 Å². The molecule has 0 radical (unpaired) electrons. The van der Waals surface area contributed by atoms with Crippen molar-refractivity contribution in [1.29, 1.82) is 0 Å². The third kappa shape index (κ3) is 6.56. The van der Waals surface area contributed by atoms with Crippen molar-refractivity contribution in [1.82, 2.24) is 4.98 Å². The average Bonchev–Trinajstić information content (AvgIpc) is 2.84. The maximum absolute atomic E-state index is 6.28. The molecule has 0 saturated heterocycles. The summed E-state index contributed by atoms with van der Waals surface area (Å²) >= 11 is 0. The maximum Gasteiger partial charge on any atom is 2.00 e. The van der Waals surface area contributed by atoms with Crippen LogP contribution in [-0.4, -0.2) is 16.4 Å². The van der Waals surface area contributed by atoms with Gasteiger partial charge in [-0.15, -0.1) is 0 Å². The molecule has 8 heteroatoms. The summed E-state index contributed by atoms with van der Waals surface area (Å²) in [6.07, 6.45) is 0. The Bertz CT molecular complexity index is 1220. The fourth-order valence-corrected chi connectivity index (χ4v) is 4.27. The summed E-state index contributed by atoms with van der Waals surface area (Å²) in [5.74, 6) is 0. The quantitative estimate of drug-likeness (QED) is 0.274. The van der Waals surface area contributed by atoms with E-state index in [1.165, 1.54) is 0 Å². The number of nitrogen functional groups attached to an aromatic ring is 2. The van der Waals surface area contributed by atoms with Crippen LogP contribution in [0.15, 0.2) is 28.2 Å². The predicted molar refractivity (Wildman–Crippen MR) is 148 cm³/mol. The summed E-state index contributed by atoms with van der Waals surface area (Å²) in [6, 6.07) is 5.99. The molecule has 0 unspecified atom stereocenters. The van der Waals surface area contributed by atoms with Crippen molar-refractivity contribution >= 4 is 34.2 Å². The number of aliphatic imine (C=N–C) groups is 2. The Morgan fingerprint density at radius 2 is 0.838 bits per heavy atom. The minimum atomic E-state index is 0. The fourth-order valence-electron chi connectivity index (χ4n) is 4.27. The Morgan fingerprint density at radius 3 is 1.11 bits per heavy atom. The van der Waals surface area contributed by atoms with Crippen LogP contribution in [-0.2, 0) is 17.1 Å². The molecule has 0 spiro atoms. The number of halogens is 2. The van der Waals surface area contributed by atoms with Crippen LogP contribution in [0.1, 0.15) is 69.7 Å². The van der Waals surface area contributed by atoms with Crippen LogP contribution in [0.2, 0.25) is 0 Å². The molecule has 37 heavy (non-hydrogen) atoms. The van der Waals surface area contributed by atoms with Gasteiger partial charge in [-0.1, -0.05) is 6.07 Å². The Labute approximate surface area is 245 Å². The van der Waals surface area contributed by atoms with E-state index in [9.17, 15) is 0 Å². The van der Waals surface area contributed by atoms with Crippen molar-refractivity contribution in [3.63, 3.8) is 0 Å². The van der Waals surface area contributed by atoms with Crippen molar-refractivity contribution in [2.24, 2.45) is 9.98 Å². The number of anilines is 2. The van der Waals surface area contributed by atoms with Crippen molar-refractivity contribution in [3.05, 3.63) is 74.1 Å². The topological polar surface area (TPSA) is 89.6 Å². The number of hydrogen-bond donors (Lipinski definition) is 2. The fraction of sp³-hybridized carbons (Fsp3) is 0.345. The Hall–Kier alpha value is -2.37. The molecule has 3 aromatic rings. The normalized spacial score (nSPS) is 11.4. The molecule has 200 valence electrons. The summed E-state index contributed by atoms with van der Waals surface area (Å²) in [4.78, 5) is 14.9. The molecular formula is C29H37Cl2FeN5. The van der Waals surface area contributed by atoms with Gasteiger partial charge in [0.05, 0.1) is 34.2 Å². The minimum absolute atomic E-state index is 0. The van der Waals surface area contributed by atoms with E-state index < -0.39 is 0 Å². The van der Waals surface area contributed by atoms with Crippen LogP contribution in [0.5, 0.6) is 0 Å². The monoisotopic (exact) mass is 581 g/mol. The molecule has 4 N–H and O–H groups in total. The SMILES string of the molecule is CC(=Nc1c(C)c(C)c(N)c(C)c1C)c1cccc(C(C)=Nc2c(C)c(C)c(N)c(C)c2C)n1.[Cl-].[Cl-].[Fe+2]. The molecule has 1 aromatic heterocycles. The van der Waals surface area contributed by atoms with Gasteiger partial charge in [0.25, 0.3) is 0 Å². The van der Waals surface area contributed by atoms with Crippen molar-refractivity contribution in [2.45, 2.75) is 69.2 Å². The van der Waals surface area contributed by atoms with Crippen LogP contribution in [0.25, 0.3) is 0 Å². The van der Waals surface area contributed by atoms with E-state index in [4.69, 9.17) is 26.4 Å². The number of nitrogens with zero attached hydrogens (tertiary/aromatic N) is 3. The number of aromatic nitrogens is 1. The first kappa shape index (κ1) is 34.6. The molecule has 0 aliphatic rings. The van der Waals surface area contributed by atoms with Crippen LogP contribution in [0.4, 0.5) is 22.7 Å². The van der Waals surface area contributed by atoms with Crippen LogP contribution >= 0.6 is 0 Å². The summed E-state index contributed by atoms with van der Waals surface area (Å²) in [5.41, 5.74) is 28.3. The molecular weight excluding hydrogens is 545 g/mol. The molecule has 1 heterocycles. The average molecular weight is 582 g/mol. The number of hydrogen-bond acceptors (Lipinski definition) is 5. The second kappa shape index (κ2) is 13.4. The van der Waals surface area contributed by atoms with Gasteiger partial charge in [0.2, 0.25) is 0 Å². The van der Waals surface area contributed by atoms with Gasteiger partial charge in [-0.2, -0.15) is 0 Å². The molecule has 0 bridgehead atoms. The van der Waals surface area contributed by atoms with Gasteiger partial charge >= 0.3 is 17.1 Å². The molecule has 5 nitrogen and oxygen atoms in total. The number of nitrogens with two attached hydrogens (primary N) is 2. The van der Waals surface area contributed by atoms with E-state index in [0.717, 1.165) is 90.1 Å². The minimum Gasteiger partial charge on any atom is -1.00 e. The van der Waals surface area contributed by atoms with E-state index in [2.05, 4.69) is 55.4 Å². The zero-order valence-electron chi connectivity index (χ0n) is 23.3. The first-order chi connectivity index (χ1) is 15.9. The Kier molecular flexibility index (Phi) is 12.6. The Morgan fingerprint density at radius 1 is 0.568 bits per heavy atom. The van der Waals surface area contributed by atoms with E-state index in [0.29, 0.717) is 0 Å². The summed E-state index contributed by atoms with van der Waals surface area (Å²) in [6.45, 7) is 20.5. The Balaban J connectivity index is 0.00000432. The number of pyridine rings is 1. The second-order valence-corrected chi connectivity index (χ2v) is 9.33. The van der Waals surface area contributed by atoms with Gasteiger partial charge in [-0.3, -0.25) is 9.98 Å². The summed E-state index contributed by atoms with van der Waals surface area (Å²) in [7, 11) is 0. The van der Waals surface area contributed by atoms with Crippen LogP contribution < -0.4 is 36.3 Å². The zero-order chi connectivity index (χ0) is 25.5. The van der Waals surface area contributed by atoms with Crippen molar-refractivity contribution in [2.75, 3.05) is 11.5 Å². The van der Waals surface area contributed by atoms with Crippen LogP contribution in [0.3, 0.4) is 0 Å². The van der Waals surface area contributed by atoms with Gasteiger partial charge in [-0.05, 0) is 126 Å². The summed E-state index contributed by atoms with van der Waals surface area (Å²) < 4.78 is 0. The molecule has 0 fully saturated rings. The van der Waals surface area contributed by atoms with Gasteiger partial charge in [-0.25, -0.2) is 4.98 Å². The molecule has 0 atom stereocenters. The standard InChI is InChI=1S/C29H37N5.2ClH.Fe/c1-14-18(5)28(19(6)15(2)26(14)30)32-22(9)24-12-11-13-25(34-24)23(10)33-29-20(7)16(3)27(31)17(4)21(29)8;;;/h11-13H,30-31H2,1-10H3;2*1H;/q;;;+2/p-2. The van der Waals surface area contributed by atoms with E-state index in [-0.39, 0.29) is 41.9 Å². The second-order valence-electron chi connectivity index (χ2n) is 9.33. The first-order valence-corrected chi connectivity index (χ1v) is 11.7. The zero-order valence-corrected chi connectivity index (χ0v) is 26.0. The smallest absolute Gasteiger partial charge is 1.00 e. The van der Waals surface area contributed by atoms with Gasteiger partial charge in [0.1, 0.15) is 0 Å². The van der Waals surface area contributed by atoms with Crippen molar-refractivity contribution < 1.29 is 41.9 Å². The third-order valence-electron chi connectivity index (χ3n) is 7.34. The number of benzene rings is 2. The number of rotatable bonds is 4. The summed E-state index contributed by atoms with van der Waals surface area (Å²) in [5, 5.41) is 0. The maximum atomic E-state index is 6.28.